The number of carbonyl (C=O) groups excluding carboxylic acids is 1. The van der Waals surface area contributed by atoms with Gasteiger partial charge in [-0.25, -0.2) is 27.8 Å². The Kier molecular flexibility index (Phi) is 7.76. The summed E-state index contributed by atoms with van der Waals surface area (Å²) in [6, 6.07) is 5.90. The standard InChI is InChI=1S/C21H25F2N5O4S2/c1-13-16(17(26-19(24-13)33-2)28-10-5-8-21(22,23)9-11-28)18(29)25-14-6-4-7-15(12-14)34(3,32)27-20(30)31/h4,6-7,12H,5,8-11H2,1-3H3,(H,25,29)(H,30,31). The van der Waals surface area contributed by atoms with Crippen molar-refractivity contribution in [2.24, 2.45) is 4.36 Å². The molecule has 184 valence electrons. The van der Waals surface area contributed by atoms with Crippen LogP contribution in [0, 0.1) is 6.92 Å². The number of rotatable bonds is 5. The number of hydrogen-bond donors (Lipinski definition) is 2. The number of amides is 2. The van der Waals surface area contributed by atoms with Crippen LogP contribution in [0.2, 0.25) is 0 Å². The zero-order valence-electron chi connectivity index (χ0n) is 18.9. The summed E-state index contributed by atoms with van der Waals surface area (Å²) < 4.78 is 43.7. The zero-order chi connectivity index (χ0) is 25.1. The molecule has 0 radical (unpaired) electrons. The molecule has 9 nitrogen and oxygen atoms in total. The maximum absolute atomic E-state index is 13.9. The Bertz CT molecular complexity index is 1230. The highest BCUT2D eigenvalue weighted by molar-refractivity contribution is 7.98. The van der Waals surface area contributed by atoms with E-state index in [-0.39, 0.29) is 47.8 Å². The van der Waals surface area contributed by atoms with Gasteiger partial charge in [-0.05, 0) is 37.8 Å². The lowest BCUT2D eigenvalue weighted by Crippen LogP contribution is -2.30. The van der Waals surface area contributed by atoms with Crippen LogP contribution < -0.4 is 10.2 Å². The first-order valence-electron chi connectivity index (χ1n) is 10.3. The largest absolute Gasteiger partial charge is 0.463 e. The highest BCUT2D eigenvalue weighted by Gasteiger charge is 2.33. The molecule has 1 atom stereocenters. The molecule has 2 heterocycles. The molecule has 2 amide bonds. The number of aromatic nitrogens is 2. The summed E-state index contributed by atoms with van der Waals surface area (Å²) >= 11 is 1.28. The first-order chi connectivity index (χ1) is 15.9. The van der Waals surface area contributed by atoms with Gasteiger partial charge in [0.2, 0.25) is 5.92 Å². The normalized spacial score (nSPS) is 17.4. The van der Waals surface area contributed by atoms with E-state index in [0.29, 0.717) is 17.4 Å². The summed E-state index contributed by atoms with van der Waals surface area (Å²) in [7, 11) is -3.22. The SMILES string of the molecule is CSc1nc(C)c(C(=O)Nc2cccc(S(C)(=O)=NC(=O)O)c2)c(N2CCCC(F)(F)CC2)n1. The minimum atomic E-state index is -3.22. The highest BCUT2D eigenvalue weighted by Crippen LogP contribution is 2.32. The lowest BCUT2D eigenvalue weighted by Gasteiger charge is -2.25. The molecular formula is C21H25F2N5O4S2. The fourth-order valence-corrected chi connectivity index (χ4v) is 5.09. The molecule has 1 aliphatic rings. The zero-order valence-corrected chi connectivity index (χ0v) is 20.5. The van der Waals surface area contributed by atoms with Crippen molar-refractivity contribution in [2.75, 3.05) is 35.8 Å². The van der Waals surface area contributed by atoms with E-state index in [4.69, 9.17) is 5.11 Å². The van der Waals surface area contributed by atoms with Crippen LogP contribution in [0.3, 0.4) is 0 Å². The van der Waals surface area contributed by atoms with Gasteiger partial charge in [0.15, 0.2) is 5.16 Å². The van der Waals surface area contributed by atoms with Crippen LogP contribution in [0.4, 0.5) is 25.1 Å². The molecule has 1 unspecified atom stereocenters. The summed E-state index contributed by atoms with van der Waals surface area (Å²) in [6.07, 6.45) is 1.10. The molecule has 1 saturated heterocycles. The molecule has 0 saturated carbocycles. The molecule has 0 bridgehead atoms. The van der Waals surface area contributed by atoms with Gasteiger partial charge in [-0.1, -0.05) is 17.8 Å². The maximum Gasteiger partial charge on any atom is 0.439 e. The average molecular weight is 514 g/mol. The van der Waals surface area contributed by atoms with Crippen molar-refractivity contribution in [1.82, 2.24) is 9.97 Å². The van der Waals surface area contributed by atoms with Gasteiger partial charge < -0.3 is 15.3 Å². The van der Waals surface area contributed by atoms with Crippen molar-refractivity contribution in [2.45, 2.75) is 42.2 Å². The van der Waals surface area contributed by atoms with Gasteiger partial charge in [0.05, 0.1) is 15.4 Å². The first-order valence-corrected chi connectivity index (χ1v) is 13.5. The Morgan fingerprint density at radius 1 is 1.26 bits per heavy atom. The summed E-state index contributed by atoms with van der Waals surface area (Å²) in [5.74, 6) is -3.05. The maximum atomic E-state index is 13.9. The first kappa shape index (κ1) is 25.8. The number of hydrogen-bond acceptors (Lipinski definition) is 7. The third kappa shape index (κ3) is 6.20. The molecule has 0 spiro atoms. The third-order valence-electron chi connectivity index (χ3n) is 5.26. The number of carbonyl (C=O) groups is 2. The quantitative estimate of drug-likeness (QED) is 0.442. The Hall–Kier alpha value is -2.80. The Balaban J connectivity index is 1.97. The second-order valence-corrected chi connectivity index (χ2v) is 10.9. The van der Waals surface area contributed by atoms with Crippen molar-refractivity contribution in [3.63, 3.8) is 0 Å². The van der Waals surface area contributed by atoms with E-state index < -0.39 is 27.7 Å². The number of thioether (sulfide) groups is 1. The van der Waals surface area contributed by atoms with Gasteiger partial charge in [-0.3, -0.25) is 4.79 Å². The van der Waals surface area contributed by atoms with E-state index in [0.717, 1.165) is 0 Å². The minimum Gasteiger partial charge on any atom is -0.463 e. The van der Waals surface area contributed by atoms with Gasteiger partial charge in [0, 0.05) is 42.8 Å². The lowest BCUT2D eigenvalue weighted by molar-refractivity contribution is -0.0102. The number of halogens is 2. The van der Waals surface area contributed by atoms with Gasteiger partial charge in [-0.2, -0.15) is 0 Å². The van der Waals surface area contributed by atoms with E-state index in [1.807, 2.05) is 0 Å². The topological polar surface area (TPSA) is 125 Å². The highest BCUT2D eigenvalue weighted by atomic mass is 32.2. The molecular weight excluding hydrogens is 488 g/mol. The van der Waals surface area contributed by atoms with Crippen molar-refractivity contribution in [3.8, 4) is 0 Å². The number of aryl methyl sites for hydroxylation is 1. The van der Waals surface area contributed by atoms with Gasteiger partial charge >= 0.3 is 6.09 Å². The fourth-order valence-electron chi connectivity index (χ4n) is 3.60. The molecule has 34 heavy (non-hydrogen) atoms. The van der Waals surface area contributed by atoms with Crippen molar-refractivity contribution in [3.05, 3.63) is 35.5 Å². The smallest absolute Gasteiger partial charge is 0.439 e. The molecule has 1 aromatic carbocycles. The third-order valence-corrected chi connectivity index (χ3v) is 7.44. The summed E-state index contributed by atoms with van der Waals surface area (Å²) in [6.45, 7) is 2.01. The van der Waals surface area contributed by atoms with E-state index in [1.54, 1.807) is 24.1 Å². The number of alkyl halides is 2. The van der Waals surface area contributed by atoms with E-state index in [2.05, 4.69) is 19.6 Å². The minimum absolute atomic E-state index is 0.0433. The molecule has 1 fully saturated rings. The van der Waals surface area contributed by atoms with Crippen molar-refractivity contribution < 1.29 is 27.7 Å². The van der Waals surface area contributed by atoms with Crippen molar-refractivity contribution in [1.29, 1.82) is 0 Å². The van der Waals surface area contributed by atoms with Gasteiger partial charge in [0.1, 0.15) is 11.4 Å². The lowest BCUT2D eigenvalue weighted by atomic mass is 10.1. The number of carboxylic acid groups (broad SMARTS) is 1. The number of nitrogens with one attached hydrogen (secondary N) is 1. The molecule has 1 aromatic heterocycles. The van der Waals surface area contributed by atoms with Crippen LogP contribution in [-0.4, -0.2) is 62.8 Å². The van der Waals surface area contributed by atoms with E-state index in [1.165, 1.54) is 36.2 Å². The van der Waals surface area contributed by atoms with Crippen LogP contribution in [-0.2, 0) is 9.73 Å². The monoisotopic (exact) mass is 513 g/mol. The van der Waals surface area contributed by atoms with Crippen LogP contribution >= 0.6 is 11.8 Å². The molecule has 0 aliphatic carbocycles. The predicted molar refractivity (Wildman–Crippen MR) is 127 cm³/mol. The molecule has 1 aliphatic heterocycles. The second kappa shape index (κ2) is 10.2. The summed E-state index contributed by atoms with van der Waals surface area (Å²) in [5, 5.41) is 12.0. The van der Waals surface area contributed by atoms with Crippen LogP contribution in [0.15, 0.2) is 38.7 Å². The summed E-state index contributed by atoms with van der Waals surface area (Å²) in [4.78, 5) is 34.8. The van der Waals surface area contributed by atoms with Crippen LogP contribution in [0.5, 0.6) is 0 Å². The van der Waals surface area contributed by atoms with E-state index >= 15 is 0 Å². The second-order valence-electron chi connectivity index (χ2n) is 7.85. The Morgan fingerprint density at radius 3 is 2.68 bits per heavy atom. The molecule has 2 aromatic rings. The van der Waals surface area contributed by atoms with Gasteiger partial charge in [-0.15, -0.1) is 4.36 Å². The van der Waals surface area contributed by atoms with Gasteiger partial charge in [0.25, 0.3) is 5.91 Å². The summed E-state index contributed by atoms with van der Waals surface area (Å²) in [5.41, 5.74) is 0.805. The number of nitrogens with zero attached hydrogens (tertiary/aromatic N) is 4. The predicted octanol–water partition coefficient (Wildman–Crippen LogP) is 4.52. The molecule has 13 heteroatoms. The van der Waals surface area contributed by atoms with Crippen LogP contribution in [0.25, 0.3) is 0 Å². The average Bonchev–Trinajstić information content (AvgIpc) is 2.92. The number of benzene rings is 1. The molecule has 2 N–H and O–H groups in total. The van der Waals surface area contributed by atoms with Crippen LogP contribution in [0.1, 0.15) is 35.3 Å². The fraction of sp³-hybridized carbons (Fsp3) is 0.429. The number of anilines is 2. The van der Waals surface area contributed by atoms with E-state index in [9.17, 15) is 22.6 Å². The Morgan fingerprint density at radius 2 is 2.00 bits per heavy atom. The Labute approximate surface area is 200 Å². The van der Waals surface area contributed by atoms with Crippen molar-refractivity contribution >= 4 is 45.0 Å². The molecule has 3 rings (SSSR count).